The maximum absolute atomic E-state index is 12.0. The first kappa shape index (κ1) is 18.0. The van der Waals surface area contributed by atoms with Crippen molar-refractivity contribution in [2.45, 2.75) is 39.7 Å². The first-order valence-electron chi connectivity index (χ1n) is 8.00. The summed E-state index contributed by atoms with van der Waals surface area (Å²) < 4.78 is 0. The highest BCUT2D eigenvalue weighted by atomic mass is 16.3. The number of allylic oxidation sites excluding steroid dienone is 2. The van der Waals surface area contributed by atoms with Crippen molar-refractivity contribution in [1.82, 2.24) is 0 Å². The third kappa shape index (κ3) is 4.33. The first-order valence-corrected chi connectivity index (χ1v) is 8.00. The number of Topliss-reactive ketones (excluding diaryl/α,β-unsaturated/α-hetero) is 1. The third-order valence-corrected chi connectivity index (χ3v) is 4.11. The first-order chi connectivity index (χ1) is 11.2. The lowest BCUT2D eigenvalue weighted by Gasteiger charge is -2.15. The summed E-state index contributed by atoms with van der Waals surface area (Å²) in [7, 11) is 0. The van der Waals surface area contributed by atoms with E-state index in [1.165, 1.54) is 13.8 Å². The van der Waals surface area contributed by atoms with E-state index in [0.717, 1.165) is 28.7 Å². The van der Waals surface area contributed by atoms with Crippen LogP contribution in [0.15, 0.2) is 54.3 Å². The van der Waals surface area contributed by atoms with Crippen molar-refractivity contribution in [3.63, 3.8) is 0 Å². The Hall–Kier alpha value is -2.39. The fourth-order valence-corrected chi connectivity index (χ4v) is 2.44. The SMILES string of the molecule is CC(O)=C(C)c1ccc(Cc2ccc(C(=O)C(C)(C)O)cc2)cc1. The summed E-state index contributed by atoms with van der Waals surface area (Å²) >= 11 is 0. The van der Waals surface area contributed by atoms with Gasteiger partial charge in [0.2, 0.25) is 0 Å². The van der Waals surface area contributed by atoms with Crippen molar-refractivity contribution < 1.29 is 15.0 Å². The minimum atomic E-state index is -1.35. The number of aliphatic hydroxyl groups is 2. The van der Waals surface area contributed by atoms with Crippen LogP contribution in [0.3, 0.4) is 0 Å². The third-order valence-electron chi connectivity index (χ3n) is 4.11. The minimum Gasteiger partial charge on any atom is -0.512 e. The van der Waals surface area contributed by atoms with Gasteiger partial charge in [-0.15, -0.1) is 0 Å². The molecule has 0 heterocycles. The second-order valence-electron chi connectivity index (χ2n) is 6.67. The van der Waals surface area contributed by atoms with E-state index in [4.69, 9.17) is 0 Å². The van der Waals surface area contributed by atoms with E-state index < -0.39 is 5.60 Å². The summed E-state index contributed by atoms with van der Waals surface area (Å²) in [4.78, 5) is 12.0. The lowest BCUT2D eigenvalue weighted by Crippen LogP contribution is -2.31. The summed E-state index contributed by atoms with van der Waals surface area (Å²) in [5.41, 5.74) is 3.29. The topological polar surface area (TPSA) is 57.5 Å². The summed E-state index contributed by atoms with van der Waals surface area (Å²) in [6, 6.07) is 15.4. The second-order valence-corrected chi connectivity index (χ2v) is 6.67. The van der Waals surface area contributed by atoms with Gasteiger partial charge in [0, 0.05) is 5.56 Å². The zero-order valence-corrected chi connectivity index (χ0v) is 14.6. The average Bonchev–Trinajstić information content (AvgIpc) is 2.54. The van der Waals surface area contributed by atoms with Crippen LogP contribution in [-0.2, 0) is 6.42 Å². The van der Waals surface area contributed by atoms with Crippen molar-refractivity contribution in [3.05, 3.63) is 76.5 Å². The van der Waals surface area contributed by atoms with Crippen LogP contribution in [0, 0.1) is 0 Å². The predicted molar refractivity (Wildman–Crippen MR) is 97.2 cm³/mol. The second kappa shape index (κ2) is 7.02. The van der Waals surface area contributed by atoms with E-state index in [2.05, 4.69) is 0 Å². The Morgan fingerprint density at radius 2 is 1.29 bits per heavy atom. The molecule has 2 aromatic carbocycles. The molecule has 2 N–H and O–H groups in total. The van der Waals surface area contributed by atoms with Gasteiger partial charge >= 0.3 is 0 Å². The van der Waals surface area contributed by atoms with Gasteiger partial charge < -0.3 is 10.2 Å². The van der Waals surface area contributed by atoms with E-state index in [1.54, 1.807) is 19.1 Å². The smallest absolute Gasteiger partial charge is 0.193 e. The van der Waals surface area contributed by atoms with Crippen LogP contribution >= 0.6 is 0 Å². The zero-order chi connectivity index (χ0) is 17.9. The molecule has 0 aliphatic carbocycles. The number of benzene rings is 2. The Labute approximate surface area is 143 Å². The highest BCUT2D eigenvalue weighted by Crippen LogP contribution is 2.19. The van der Waals surface area contributed by atoms with Crippen molar-refractivity contribution in [2.75, 3.05) is 0 Å². The number of hydrogen-bond acceptors (Lipinski definition) is 3. The highest BCUT2D eigenvalue weighted by Gasteiger charge is 2.24. The molecule has 0 saturated carbocycles. The Morgan fingerprint density at radius 1 is 0.875 bits per heavy atom. The molecule has 3 heteroatoms. The molecule has 0 aromatic heterocycles. The minimum absolute atomic E-state index is 0.278. The number of carbonyl (C=O) groups is 1. The fraction of sp³-hybridized carbons (Fsp3) is 0.286. The molecule has 0 atom stereocenters. The Balaban J connectivity index is 2.12. The summed E-state index contributed by atoms with van der Waals surface area (Å²) in [6.07, 6.45) is 0.762. The van der Waals surface area contributed by atoms with Gasteiger partial charge in [0.25, 0.3) is 0 Å². The molecule has 0 fully saturated rings. The van der Waals surface area contributed by atoms with Crippen LogP contribution in [0.4, 0.5) is 0 Å². The average molecular weight is 324 g/mol. The molecular weight excluding hydrogens is 300 g/mol. The van der Waals surface area contributed by atoms with Crippen LogP contribution in [0.2, 0.25) is 0 Å². The molecule has 0 bridgehead atoms. The molecule has 2 rings (SSSR count). The van der Waals surface area contributed by atoms with E-state index in [1.807, 2.05) is 43.3 Å². The molecule has 2 aromatic rings. The highest BCUT2D eigenvalue weighted by molar-refractivity contribution is 6.01. The quantitative estimate of drug-likeness (QED) is 0.627. The number of carbonyl (C=O) groups excluding carboxylic acids is 1. The van der Waals surface area contributed by atoms with Crippen LogP contribution in [-0.4, -0.2) is 21.6 Å². The summed E-state index contributed by atoms with van der Waals surface area (Å²) in [5, 5.41) is 19.3. The van der Waals surface area contributed by atoms with Crippen LogP contribution in [0.1, 0.15) is 54.7 Å². The van der Waals surface area contributed by atoms with Gasteiger partial charge in [-0.2, -0.15) is 0 Å². The van der Waals surface area contributed by atoms with Gasteiger partial charge in [0.05, 0.1) is 5.76 Å². The molecule has 0 saturated heterocycles. The van der Waals surface area contributed by atoms with E-state index >= 15 is 0 Å². The van der Waals surface area contributed by atoms with Crippen LogP contribution in [0.25, 0.3) is 5.57 Å². The Morgan fingerprint density at radius 3 is 1.67 bits per heavy atom. The van der Waals surface area contributed by atoms with Crippen molar-refractivity contribution in [2.24, 2.45) is 0 Å². The molecule has 0 amide bonds. The van der Waals surface area contributed by atoms with Gasteiger partial charge in [-0.05, 0) is 56.4 Å². The van der Waals surface area contributed by atoms with Crippen molar-refractivity contribution >= 4 is 11.4 Å². The van der Waals surface area contributed by atoms with Crippen molar-refractivity contribution in [1.29, 1.82) is 0 Å². The largest absolute Gasteiger partial charge is 0.512 e. The van der Waals surface area contributed by atoms with E-state index in [9.17, 15) is 15.0 Å². The molecule has 0 aliphatic rings. The molecular formula is C21H24O3. The van der Waals surface area contributed by atoms with E-state index in [-0.39, 0.29) is 5.78 Å². The lowest BCUT2D eigenvalue weighted by atomic mass is 9.95. The molecule has 3 nitrogen and oxygen atoms in total. The summed E-state index contributed by atoms with van der Waals surface area (Å²) in [6.45, 7) is 6.56. The van der Waals surface area contributed by atoms with Gasteiger partial charge in [-0.1, -0.05) is 48.5 Å². The van der Waals surface area contributed by atoms with Gasteiger partial charge in [0.1, 0.15) is 5.60 Å². The van der Waals surface area contributed by atoms with Gasteiger partial charge in [-0.25, -0.2) is 0 Å². The van der Waals surface area contributed by atoms with Gasteiger partial charge in [0.15, 0.2) is 5.78 Å². The lowest BCUT2D eigenvalue weighted by molar-refractivity contribution is 0.0488. The fourth-order valence-electron chi connectivity index (χ4n) is 2.44. The van der Waals surface area contributed by atoms with Crippen LogP contribution < -0.4 is 0 Å². The number of aliphatic hydroxyl groups excluding tert-OH is 1. The Bertz CT molecular complexity index is 741. The maximum Gasteiger partial charge on any atom is 0.193 e. The number of rotatable bonds is 5. The summed E-state index contributed by atoms with van der Waals surface area (Å²) in [5.74, 6) is 0.0508. The Kier molecular flexibility index (Phi) is 5.25. The normalized spacial score (nSPS) is 12.7. The van der Waals surface area contributed by atoms with Gasteiger partial charge in [-0.3, -0.25) is 4.79 Å². The number of hydrogen-bond donors (Lipinski definition) is 2. The predicted octanol–water partition coefficient (Wildman–Crippen LogP) is 4.54. The molecule has 126 valence electrons. The molecule has 0 spiro atoms. The molecule has 0 aliphatic heterocycles. The van der Waals surface area contributed by atoms with Crippen molar-refractivity contribution in [3.8, 4) is 0 Å². The molecule has 0 radical (unpaired) electrons. The maximum atomic E-state index is 12.0. The standard InChI is InChI=1S/C21H24O3/c1-14(15(2)22)18-9-5-16(6-10-18)13-17-7-11-19(12-8-17)20(23)21(3,4)24/h5-12,22,24H,13H2,1-4H3. The number of ketones is 1. The monoisotopic (exact) mass is 324 g/mol. The zero-order valence-electron chi connectivity index (χ0n) is 14.6. The molecule has 0 unspecified atom stereocenters. The molecule has 24 heavy (non-hydrogen) atoms. The van der Waals surface area contributed by atoms with E-state index in [0.29, 0.717) is 11.3 Å². The van der Waals surface area contributed by atoms with Crippen LogP contribution in [0.5, 0.6) is 0 Å².